The molecule has 1 fully saturated rings. The Hall–Kier alpha value is -2.06. The van der Waals surface area contributed by atoms with E-state index < -0.39 is 30.0 Å². The Balaban J connectivity index is 1.96. The third-order valence-corrected chi connectivity index (χ3v) is 4.79. The fourth-order valence-electron chi connectivity index (χ4n) is 2.63. The van der Waals surface area contributed by atoms with E-state index in [1.165, 1.54) is 0 Å². The van der Waals surface area contributed by atoms with Gasteiger partial charge in [-0.05, 0) is 60.0 Å². The summed E-state index contributed by atoms with van der Waals surface area (Å²) < 4.78 is 17.3. The number of rotatable bonds is 5. The number of benzene rings is 1. The summed E-state index contributed by atoms with van der Waals surface area (Å²) in [6, 6.07) is 7.21. The van der Waals surface area contributed by atoms with E-state index in [9.17, 15) is 9.59 Å². The average molecular weight is 390 g/mol. The van der Waals surface area contributed by atoms with E-state index in [2.05, 4.69) is 10.6 Å². The lowest BCUT2D eigenvalue weighted by molar-refractivity contribution is 0.00578. The molecule has 0 atom stereocenters. The topological polar surface area (TPSA) is 85.9 Å². The van der Waals surface area contributed by atoms with Gasteiger partial charge < -0.3 is 24.7 Å². The third-order valence-electron chi connectivity index (χ3n) is 4.79. The average Bonchev–Trinajstić information content (AvgIpc) is 2.77. The molecule has 0 unspecified atom stereocenters. The molecule has 2 rings (SSSR count). The summed E-state index contributed by atoms with van der Waals surface area (Å²) in [6.07, 6.45) is -0.514. The quantitative estimate of drug-likeness (QED) is 0.595. The molecular formula is C20H31BN2O5. The summed E-state index contributed by atoms with van der Waals surface area (Å²) in [5.41, 5.74) is -0.372. The van der Waals surface area contributed by atoms with Gasteiger partial charge in [-0.3, -0.25) is 4.79 Å². The van der Waals surface area contributed by atoms with Gasteiger partial charge in [-0.25, -0.2) is 4.79 Å². The third kappa shape index (κ3) is 5.48. The molecule has 0 spiro atoms. The molecule has 0 bridgehead atoms. The number of amides is 2. The Morgan fingerprint density at radius 1 is 1.00 bits per heavy atom. The van der Waals surface area contributed by atoms with Gasteiger partial charge in [-0.1, -0.05) is 18.2 Å². The maximum Gasteiger partial charge on any atom is 0.495 e. The van der Waals surface area contributed by atoms with Gasteiger partial charge in [0.2, 0.25) is 0 Å². The molecule has 0 saturated carbocycles. The van der Waals surface area contributed by atoms with Crippen molar-refractivity contribution in [3.8, 4) is 0 Å². The number of ether oxygens (including phenoxy) is 1. The highest BCUT2D eigenvalue weighted by atomic mass is 16.7. The van der Waals surface area contributed by atoms with Crippen LogP contribution in [0.15, 0.2) is 24.3 Å². The first-order valence-electron chi connectivity index (χ1n) is 9.52. The lowest BCUT2D eigenvalue weighted by Crippen LogP contribution is -2.42. The smallest absolute Gasteiger partial charge is 0.444 e. The molecule has 1 aromatic rings. The second kappa shape index (κ2) is 8.13. The zero-order valence-electron chi connectivity index (χ0n) is 17.8. The maximum atomic E-state index is 12.7. The van der Waals surface area contributed by atoms with Gasteiger partial charge in [0, 0.05) is 18.7 Å². The summed E-state index contributed by atoms with van der Waals surface area (Å²) in [6.45, 7) is 13.8. The Morgan fingerprint density at radius 3 is 2.11 bits per heavy atom. The lowest BCUT2D eigenvalue weighted by Gasteiger charge is -2.32. The van der Waals surface area contributed by atoms with Gasteiger partial charge in [0.05, 0.1) is 11.2 Å². The first-order chi connectivity index (χ1) is 12.8. The van der Waals surface area contributed by atoms with Crippen molar-refractivity contribution in [1.82, 2.24) is 10.6 Å². The molecule has 1 aromatic carbocycles. The van der Waals surface area contributed by atoms with Gasteiger partial charge in [0.15, 0.2) is 0 Å². The van der Waals surface area contributed by atoms with E-state index >= 15 is 0 Å². The molecule has 2 amide bonds. The molecular weight excluding hydrogens is 359 g/mol. The standard InChI is InChI=1S/C20H31BN2O5/c1-18(2,3)26-17(25)23-13-12-22-16(24)14-10-8-9-11-15(14)21-27-19(4,5)20(6,7)28-21/h8-11H,12-13H2,1-7H3,(H,22,24)(H,23,25). The van der Waals surface area contributed by atoms with Crippen LogP contribution in [0.4, 0.5) is 4.79 Å². The van der Waals surface area contributed by atoms with Crippen molar-refractivity contribution in [1.29, 1.82) is 0 Å². The number of carbonyl (C=O) groups excluding carboxylic acids is 2. The summed E-state index contributed by atoms with van der Waals surface area (Å²) in [7, 11) is -0.619. The van der Waals surface area contributed by atoms with E-state index in [1.54, 1.807) is 32.9 Å². The minimum absolute atomic E-state index is 0.253. The number of nitrogens with one attached hydrogen (secondary N) is 2. The Morgan fingerprint density at radius 2 is 1.54 bits per heavy atom. The predicted molar refractivity (Wildman–Crippen MR) is 109 cm³/mol. The number of alkyl carbamates (subject to hydrolysis) is 1. The number of hydrogen-bond donors (Lipinski definition) is 2. The van der Waals surface area contributed by atoms with E-state index in [0.717, 1.165) is 0 Å². The van der Waals surface area contributed by atoms with Crippen LogP contribution in [0, 0.1) is 0 Å². The van der Waals surface area contributed by atoms with Gasteiger partial charge >= 0.3 is 13.2 Å². The Bertz CT molecular complexity index is 712. The van der Waals surface area contributed by atoms with Crippen LogP contribution in [0.2, 0.25) is 0 Å². The molecule has 0 radical (unpaired) electrons. The van der Waals surface area contributed by atoms with Gasteiger partial charge in [0.25, 0.3) is 5.91 Å². The van der Waals surface area contributed by atoms with Crippen LogP contribution in [0.25, 0.3) is 0 Å². The molecule has 1 saturated heterocycles. The van der Waals surface area contributed by atoms with Crippen LogP contribution in [0.5, 0.6) is 0 Å². The Kier molecular flexibility index (Phi) is 6.46. The van der Waals surface area contributed by atoms with Gasteiger partial charge in [-0.2, -0.15) is 0 Å². The zero-order valence-corrected chi connectivity index (χ0v) is 17.8. The molecule has 0 aliphatic carbocycles. The summed E-state index contributed by atoms with van der Waals surface area (Å²) in [5.74, 6) is -0.253. The van der Waals surface area contributed by atoms with Gasteiger partial charge in [0.1, 0.15) is 5.60 Å². The van der Waals surface area contributed by atoms with Crippen LogP contribution in [0.1, 0.15) is 58.8 Å². The van der Waals surface area contributed by atoms with E-state index in [1.807, 2.05) is 39.8 Å². The van der Waals surface area contributed by atoms with Crippen molar-refractivity contribution in [2.24, 2.45) is 0 Å². The minimum atomic E-state index is -0.619. The summed E-state index contributed by atoms with van der Waals surface area (Å²) >= 11 is 0. The van der Waals surface area contributed by atoms with E-state index in [0.29, 0.717) is 11.0 Å². The van der Waals surface area contributed by atoms with Crippen molar-refractivity contribution in [3.05, 3.63) is 29.8 Å². The molecule has 1 aliphatic rings. The largest absolute Gasteiger partial charge is 0.495 e. The van der Waals surface area contributed by atoms with Crippen molar-refractivity contribution >= 4 is 24.6 Å². The van der Waals surface area contributed by atoms with Crippen molar-refractivity contribution < 1.29 is 23.6 Å². The Labute approximate surface area is 167 Å². The molecule has 28 heavy (non-hydrogen) atoms. The first kappa shape index (κ1) is 22.2. The summed E-state index contributed by atoms with van der Waals surface area (Å²) in [4.78, 5) is 24.3. The normalized spacial score (nSPS) is 17.9. The fraction of sp³-hybridized carbons (Fsp3) is 0.600. The van der Waals surface area contributed by atoms with E-state index in [-0.39, 0.29) is 19.0 Å². The predicted octanol–water partition coefficient (Wildman–Crippen LogP) is 2.24. The van der Waals surface area contributed by atoms with E-state index in [4.69, 9.17) is 14.0 Å². The monoisotopic (exact) mass is 390 g/mol. The zero-order chi connectivity index (χ0) is 21.2. The van der Waals surface area contributed by atoms with Crippen LogP contribution >= 0.6 is 0 Å². The number of hydrogen-bond acceptors (Lipinski definition) is 5. The molecule has 154 valence electrons. The molecule has 8 heteroatoms. The highest BCUT2D eigenvalue weighted by Gasteiger charge is 2.52. The first-order valence-corrected chi connectivity index (χ1v) is 9.52. The van der Waals surface area contributed by atoms with Crippen molar-refractivity contribution in [2.45, 2.75) is 65.3 Å². The molecule has 2 N–H and O–H groups in total. The summed E-state index contributed by atoms with van der Waals surface area (Å²) in [5, 5.41) is 5.41. The molecule has 1 heterocycles. The second-order valence-corrected chi connectivity index (χ2v) is 8.86. The van der Waals surface area contributed by atoms with Gasteiger partial charge in [-0.15, -0.1) is 0 Å². The van der Waals surface area contributed by atoms with Crippen molar-refractivity contribution in [2.75, 3.05) is 13.1 Å². The number of carbonyl (C=O) groups is 2. The SMILES string of the molecule is CC(C)(C)OC(=O)NCCNC(=O)c1ccccc1B1OC(C)(C)C(C)(C)O1. The highest BCUT2D eigenvalue weighted by Crippen LogP contribution is 2.36. The maximum absolute atomic E-state index is 12.7. The molecule has 7 nitrogen and oxygen atoms in total. The second-order valence-electron chi connectivity index (χ2n) is 8.86. The minimum Gasteiger partial charge on any atom is -0.444 e. The lowest BCUT2D eigenvalue weighted by atomic mass is 9.75. The van der Waals surface area contributed by atoms with Crippen LogP contribution in [-0.2, 0) is 14.0 Å². The van der Waals surface area contributed by atoms with Crippen LogP contribution in [-0.4, -0.2) is 49.0 Å². The van der Waals surface area contributed by atoms with Crippen molar-refractivity contribution in [3.63, 3.8) is 0 Å². The van der Waals surface area contributed by atoms with Crippen LogP contribution < -0.4 is 16.1 Å². The van der Waals surface area contributed by atoms with Crippen LogP contribution in [0.3, 0.4) is 0 Å². The molecule has 1 aliphatic heterocycles. The molecule has 0 aromatic heterocycles. The highest BCUT2D eigenvalue weighted by molar-refractivity contribution is 6.63. The fourth-order valence-corrected chi connectivity index (χ4v) is 2.63.